The van der Waals surface area contributed by atoms with E-state index in [4.69, 9.17) is 9.16 Å². The van der Waals surface area contributed by atoms with E-state index in [9.17, 15) is 0 Å². The third-order valence-corrected chi connectivity index (χ3v) is 8.80. The Morgan fingerprint density at radius 2 is 2.00 bits per heavy atom. The van der Waals surface area contributed by atoms with Crippen molar-refractivity contribution in [2.24, 2.45) is 0 Å². The van der Waals surface area contributed by atoms with Crippen LogP contribution < -0.4 is 0 Å². The largest absolute Gasteiger partial charge is 0.411 e. The molecule has 1 aliphatic rings. The zero-order valence-electron chi connectivity index (χ0n) is 12.3. The summed E-state index contributed by atoms with van der Waals surface area (Å²) < 4.78 is 12.4. The monoisotopic (exact) mass is 256 g/mol. The summed E-state index contributed by atoms with van der Waals surface area (Å²) in [6.07, 6.45) is 4.23. The second kappa shape index (κ2) is 4.86. The van der Waals surface area contributed by atoms with Crippen molar-refractivity contribution in [2.45, 2.75) is 70.4 Å². The van der Waals surface area contributed by atoms with E-state index < -0.39 is 8.32 Å². The van der Waals surface area contributed by atoms with Crippen LogP contribution >= 0.6 is 0 Å². The topological polar surface area (TPSA) is 18.5 Å². The maximum atomic E-state index is 6.49. The SMILES string of the molecule is C=C[C@]1(C)OCCC[C@H]1O[Si](C)(C)C(C)(C)C. The highest BCUT2D eigenvalue weighted by Gasteiger charge is 2.44. The van der Waals surface area contributed by atoms with Crippen molar-refractivity contribution < 1.29 is 9.16 Å². The van der Waals surface area contributed by atoms with E-state index in [0.717, 1.165) is 19.4 Å². The van der Waals surface area contributed by atoms with Gasteiger partial charge in [0.25, 0.3) is 0 Å². The lowest BCUT2D eigenvalue weighted by molar-refractivity contribution is -0.107. The number of hydrogen-bond acceptors (Lipinski definition) is 2. The Labute approximate surface area is 108 Å². The van der Waals surface area contributed by atoms with E-state index in [0.29, 0.717) is 0 Å². The van der Waals surface area contributed by atoms with Crippen LogP contribution in [0.15, 0.2) is 12.7 Å². The molecule has 1 saturated heterocycles. The van der Waals surface area contributed by atoms with Gasteiger partial charge in [0.05, 0.1) is 6.10 Å². The molecule has 0 bridgehead atoms. The van der Waals surface area contributed by atoms with Crippen LogP contribution in [0.4, 0.5) is 0 Å². The Morgan fingerprint density at radius 1 is 1.41 bits per heavy atom. The van der Waals surface area contributed by atoms with Gasteiger partial charge in [-0.15, -0.1) is 6.58 Å². The molecule has 1 heterocycles. The lowest BCUT2D eigenvalue weighted by atomic mass is 9.93. The Bertz CT molecular complexity index is 280. The highest BCUT2D eigenvalue weighted by Crippen LogP contribution is 2.40. The molecule has 0 amide bonds. The number of ether oxygens (including phenoxy) is 1. The second-order valence-corrected chi connectivity index (χ2v) is 11.5. The van der Waals surface area contributed by atoms with Gasteiger partial charge < -0.3 is 9.16 Å². The Kier molecular flexibility index (Phi) is 4.27. The van der Waals surface area contributed by atoms with Gasteiger partial charge in [0.15, 0.2) is 8.32 Å². The average Bonchev–Trinajstić information content (AvgIpc) is 2.20. The smallest absolute Gasteiger partial charge is 0.192 e. The third-order valence-electron chi connectivity index (χ3n) is 4.31. The third kappa shape index (κ3) is 3.21. The van der Waals surface area contributed by atoms with Crippen molar-refractivity contribution in [1.29, 1.82) is 0 Å². The minimum Gasteiger partial charge on any atom is -0.411 e. The molecule has 0 radical (unpaired) electrons. The summed E-state index contributed by atoms with van der Waals surface area (Å²) in [5, 5.41) is 0.243. The predicted octanol–water partition coefficient (Wildman–Crippen LogP) is 4.13. The van der Waals surface area contributed by atoms with E-state index in [2.05, 4.69) is 47.4 Å². The first-order valence-corrected chi connectivity index (χ1v) is 9.48. The lowest BCUT2D eigenvalue weighted by Crippen LogP contribution is -2.53. The Balaban J connectivity index is 2.82. The molecule has 2 atom stereocenters. The van der Waals surface area contributed by atoms with Crippen molar-refractivity contribution >= 4 is 8.32 Å². The molecule has 1 fully saturated rings. The maximum absolute atomic E-state index is 6.49. The average molecular weight is 256 g/mol. The molecule has 1 aliphatic heterocycles. The molecule has 3 heteroatoms. The first-order chi connectivity index (χ1) is 7.62. The van der Waals surface area contributed by atoms with E-state index in [1.165, 1.54) is 0 Å². The molecule has 0 aromatic heterocycles. The second-order valence-electron chi connectivity index (χ2n) is 6.75. The molecule has 1 rings (SSSR count). The fraction of sp³-hybridized carbons (Fsp3) is 0.857. The highest BCUT2D eigenvalue weighted by molar-refractivity contribution is 6.74. The van der Waals surface area contributed by atoms with Crippen LogP contribution in [0.5, 0.6) is 0 Å². The molecule has 2 nitrogen and oxygen atoms in total. The van der Waals surface area contributed by atoms with Crippen molar-refractivity contribution in [2.75, 3.05) is 6.61 Å². The highest BCUT2D eigenvalue weighted by atomic mass is 28.4. The van der Waals surface area contributed by atoms with Gasteiger partial charge >= 0.3 is 0 Å². The summed E-state index contributed by atoms with van der Waals surface area (Å²) in [4.78, 5) is 0. The normalized spacial score (nSPS) is 31.3. The molecule has 0 aliphatic carbocycles. The standard InChI is InChI=1S/C14H28O2Si/c1-8-14(5)12(10-9-11-15-14)16-17(6,7)13(2,3)4/h8,12H,1,9-11H2,2-7H3/t12-,14+/m1/s1. The number of hydrogen-bond donors (Lipinski definition) is 0. The van der Waals surface area contributed by atoms with Crippen LogP contribution in [0, 0.1) is 0 Å². The summed E-state index contributed by atoms with van der Waals surface area (Å²) >= 11 is 0. The molecule has 0 spiro atoms. The number of rotatable bonds is 3. The van der Waals surface area contributed by atoms with Crippen molar-refractivity contribution in [3.05, 3.63) is 12.7 Å². The summed E-state index contributed by atoms with van der Waals surface area (Å²) in [5.74, 6) is 0. The zero-order chi connectivity index (χ0) is 13.3. The molecule has 0 unspecified atom stereocenters. The molecule has 17 heavy (non-hydrogen) atoms. The van der Waals surface area contributed by atoms with Crippen LogP contribution in [-0.4, -0.2) is 26.6 Å². The van der Waals surface area contributed by atoms with Crippen molar-refractivity contribution in [1.82, 2.24) is 0 Å². The van der Waals surface area contributed by atoms with Crippen LogP contribution in [0.1, 0.15) is 40.5 Å². The van der Waals surface area contributed by atoms with Gasteiger partial charge in [-0.25, -0.2) is 0 Å². The Hall–Kier alpha value is -0.123. The van der Waals surface area contributed by atoms with Gasteiger partial charge in [0.1, 0.15) is 5.60 Å². The predicted molar refractivity (Wildman–Crippen MR) is 75.9 cm³/mol. The Morgan fingerprint density at radius 3 is 2.47 bits per heavy atom. The molecule has 100 valence electrons. The molecular weight excluding hydrogens is 228 g/mol. The summed E-state index contributed by atoms with van der Waals surface area (Å²) in [5.41, 5.74) is -0.312. The fourth-order valence-electron chi connectivity index (χ4n) is 1.84. The van der Waals surface area contributed by atoms with Gasteiger partial charge in [-0.05, 0) is 37.9 Å². The lowest BCUT2D eigenvalue weighted by Gasteiger charge is -2.46. The van der Waals surface area contributed by atoms with Gasteiger partial charge in [-0.1, -0.05) is 26.8 Å². The first kappa shape index (κ1) is 14.9. The summed E-state index contributed by atoms with van der Waals surface area (Å²) in [7, 11) is -1.73. The van der Waals surface area contributed by atoms with Crippen molar-refractivity contribution in [3.63, 3.8) is 0 Å². The van der Waals surface area contributed by atoms with E-state index in [1.54, 1.807) is 0 Å². The van der Waals surface area contributed by atoms with Crippen LogP contribution in [-0.2, 0) is 9.16 Å². The molecule has 0 aromatic rings. The molecule has 0 N–H and O–H groups in total. The van der Waals surface area contributed by atoms with Gasteiger partial charge in [0.2, 0.25) is 0 Å². The van der Waals surface area contributed by atoms with Crippen LogP contribution in [0.3, 0.4) is 0 Å². The first-order valence-electron chi connectivity index (χ1n) is 6.58. The van der Waals surface area contributed by atoms with Crippen molar-refractivity contribution in [3.8, 4) is 0 Å². The van der Waals surface area contributed by atoms with Crippen LogP contribution in [0.2, 0.25) is 18.1 Å². The summed E-state index contributed by atoms with van der Waals surface area (Å²) in [6.45, 7) is 18.2. The van der Waals surface area contributed by atoms with Gasteiger partial charge in [-0.3, -0.25) is 0 Å². The summed E-state index contributed by atoms with van der Waals surface area (Å²) in [6, 6.07) is 0. The van der Waals surface area contributed by atoms with Gasteiger partial charge in [0, 0.05) is 6.61 Å². The maximum Gasteiger partial charge on any atom is 0.192 e. The molecule has 0 saturated carbocycles. The van der Waals surface area contributed by atoms with E-state index in [1.807, 2.05) is 6.08 Å². The quantitative estimate of drug-likeness (QED) is 0.558. The molecular formula is C14H28O2Si. The molecule has 0 aromatic carbocycles. The minimum atomic E-state index is -1.73. The van der Waals surface area contributed by atoms with E-state index >= 15 is 0 Å². The fourth-order valence-corrected chi connectivity index (χ4v) is 3.26. The van der Waals surface area contributed by atoms with E-state index in [-0.39, 0.29) is 16.7 Å². The zero-order valence-corrected chi connectivity index (χ0v) is 13.3. The van der Waals surface area contributed by atoms with Crippen LogP contribution in [0.25, 0.3) is 0 Å². The minimum absolute atomic E-state index is 0.162. The van der Waals surface area contributed by atoms with Gasteiger partial charge in [-0.2, -0.15) is 0 Å².